The largest absolute Gasteiger partial charge is 0.454 e. The molecule has 8 nitrogen and oxygen atoms in total. The predicted molar refractivity (Wildman–Crippen MR) is 99.1 cm³/mol. The van der Waals surface area contributed by atoms with Gasteiger partial charge in [0.05, 0.1) is 17.3 Å². The third-order valence-corrected chi connectivity index (χ3v) is 7.61. The number of carbonyl (C=O) groups excluding carboxylic acids is 1. The van der Waals surface area contributed by atoms with Crippen molar-refractivity contribution in [1.82, 2.24) is 14.8 Å². The molecule has 0 saturated carbocycles. The Balaban J connectivity index is 1.37. The SMILES string of the molecule is Cn1c(C[C@@H]2CCS(=O)(=O)C2)nnc1SCC(=O)c1ccc2c(c1)OCO2. The van der Waals surface area contributed by atoms with Crippen molar-refractivity contribution in [3.05, 3.63) is 29.6 Å². The van der Waals surface area contributed by atoms with Gasteiger partial charge in [0, 0.05) is 19.0 Å². The first-order valence-electron chi connectivity index (χ1n) is 8.55. The normalized spacial score (nSPS) is 20.1. The smallest absolute Gasteiger partial charge is 0.231 e. The number of thioether (sulfide) groups is 1. The number of fused-ring (bicyclic) bond motifs is 1. The van der Waals surface area contributed by atoms with E-state index in [0.717, 1.165) is 5.82 Å². The average Bonchev–Trinajstić information content (AvgIpc) is 3.33. The van der Waals surface area contributed by atoms with Crippen LogP contribution in [0.25, 0.3) is 0 Å². The molecule has 10 heteroatoms. The number of nitrogens with zero attached hydrogens (tertiary/aromatic N) is 3. The summed E-state index contributed by atoms with van der Waals surface area (Å²) in [6.45, 7) is 0.172. The second-order valence-corrected chi connectivity index (χ2v) is 9.88. The Morgan fingerprint density at radius 1 is 1.30 bits per heavy atom. The second-order valence-electron chi connectivity index (χ2n) is 6.71. The zero-order valence-corrected chi connectivity index (χ0v) is 16.4. The summed E-state index contributed by atoms with van der Waals surface area (Å²) in [5.41, 5.74) is 0.560. The van der Waals surface area contributed by atoms with Crippen LogP contribution in [-0.2, 0) is 23.3 Å². The minimum absolute atomic E-state index is 0.0373. The second kappa shape index (κ2) is 7.16. The van der Waals surface area contributed by atoms with E-state index in [-0.39, 0.29) is 35.8 Å². The van der Waals surface area contributed by atoms with Gasteiger partial charge >= 0.3 is 0 Å². The standard InChI is InChI=1S/C17H19N3O5S2/c1-20-16(6-11-4-5-27(22,23)9-11)18-19-17(20)26-8-13(21)12-2-3-14-15(7-12)25-10-24-14/h2-3,7,11H,4-6,8-10H2,1H3/t11-/m0/s1. The number of rotatable bonds is 6. The van der Waals surface area contributed by atoms with Crippen LogP contribution in [0, 0.1) is 5.92 Å². The summed E-state index contributed by atoms with van der Waals surface area (Å²) in [4.78, 5) is 12.4. The quantitative estimate of drug-likeness (QED) is 0.523. The molecule has 2 aliphatic rings. The number of ether oxygens (including phenoxy) is 2. The fourth-order valence-corrected chi connectivity index (χ4v) is 5.91. The molecule has 1 saturated heterocycles. The first-order chi connectivity index (χ1) is 12.9. The van der Waals surface area contributed by atoms with Gasteiger partial charge in [0.15, 0.2) is 32.3 Å². The fourth-order valence-electron chi connectivity index (χ4n) is 3.22. The van der Waals surface area contributed by atoms with Crippen LogP contribution in [0.4, 0.5) is 0 Å². The molecule has 0 bridgehead atoms. The van der Waals surface area contributed by atoms with Gasteiger partial charge in [-0.3, -0.25) is 4.79 Å². The molecule has 1 aromatic heterocycles. The van der Waals surface area contributed by atoms with Crippen LogP contribution < -0.4 is 9.47 Å². The van der Waals surface area contributed by atoms with Crippen molar-refractivity contribution in [2.45, 2.75) is 18.0 Å². The summed E-state index contributed by atoms with van der Waals surface area (Å²) in [6, 6.07) is 5.14. The molecule has 0 radical (unpaired) electrons. The Morgan fingerprint density at radius 3 is 2.89 bits per heavy atom. The molecule has 1 fully saturated rings. The molecule has 0 aliphatic carbocycles. The Bertz CT molecular complexity index is 986. The minimum atomic E-state index is -2.90. The third kappa shape index (κ3) is 3.96. The number of aromatic nitrogens is 3. The zero-order valence-electron chi connectivity index (χ0n) is 14.8. The number of benzene rings is 1. The molecule has 3 heterocycles. The van der Waals surface area contributed by atoms with E-state index in [1.54, 1.807) is 18.2 Å². The zero-order chi connectivity index (χ0) is 19.0. The summed E-state index contributed by atoms with van der Waals surface area (Å²) in [7, 11) is -1.07. The molecule has 2 aromatic rings. The summed E-state index contributed by atoms with van der Waals surface area (Å²) in [6.07, 6.45) is 1.25. The molecule has 1 aromatic carbocycles. The van der Waals surface area contributed by atoms with Gasteiger partial charge in [0.1, 0.15) is 5.82 Å². The highest BCUT2D eigenvalue weighted by Crippen LogP contribution is 2.33. The van der Waals surface area contributed by atoms with Crippen LogP contribution in [0.1, 0.15) is 22.6 Å². The van der Waals surface area contributed by atoms with E-state index in [0.29, 0.717) is 35.1 Å². The van der Waals surface area contributed by atoms with Crippen molar-refractivity contribution < 1.29 is 22.7 Å². The Hall–Kier alpha value is -2.07. The highest BCUT2D eigenvalue weighted by Gasteiger charge is 2.29. The van der Waals surface area contributed by atoms with Crippen molar-refractivity contribution in [2.75, 3.05) is 24.1 Å². The van der Waals surface area contributed by atoms with Crippen LogP contribution in [0.5, 0.6) is 11.5 Å². The van der Waals surface area contributed by atoms with Gasteiger partial charge in [-0.2, -0.15) is 0 Å². The van der Waals surface area contributed by atoms with Crippen molar-refractivity contribution in [3.63, 3.8) is 0 Å². The van der Waals surface area contributed by atoms with Gasteiger partial charge in [-0.05, 0) is 30.5 Å². The molecule has 0 amide bonds. The highest BCUT2D eigenvalue weighted by molar-refractivity contribution is 7.99. The summed E-state index contributed by atoms with van der Waals surface area (Å²) >= 11 is 1.31. The minimum Gasteiger partial charge on any atom is -0.454 e. The fraction of sp³-hybridized carbons (Fsp3) is 0.471. The van der Waals surface area contributed by atoms with Gasteiger partial charge in [-0.15, -0.1) is 10.2 Å². The van der Waals surface area contributed by atoms with Crippen molar-refractivity contribution in [2.24, 2.45) is 13.0 Å². The van der Waals surface area contributed by atoms with E-state index >= 15 is 0 Å². The molecular formula is C17H19N3O5S2. The molecule has 1 atom stereocenters. The van der Waals surface area contributed by atoms with E-state index in [9.17, 15) is 13.2 Å². The molecule has 0 unspecified atom stereocenters. The lowest BCUT2D eigenvalue weighted by Gasteiger charge is -2.07. The Labute approximate surface area is 161 Å². The van der Waals surface area contributed by atoms with Crippen LogP contribution in [-0.4, -0.2) is 53.0 Å². The van der Waals surface area contributed by atoms with E-state index in [1.165, 1.54) is 11.8 Å². The monoisotopic (exact) mass is 409 g/mol. The molecule has 144 valence electrons. The summed E-state index contributed by atoms with van der Waals surface area (Å²) in [5.74, 6) is 2.71. The topological polar surface area (TPSA) is 100 Å². The van der Waals surface area contributed by atoms with Crippen LogP contribution >= 0.6 is 11.8 Å². The maximum absolute atomic E-state index is 12.4. The highest BCUT2D eigenvalue weighted by atomic mass is 32.2. The van der Waals surface area contributed by atoms with Gasteiger partial charge in [-0.25, -0.2) is 8.42 Å². The van der Waals surface area contributed by atoms with Crippen molar-refractivity contribution in [1.29, 1.82) is 0 Å². The predicted octanol–water partition coefficient (Wildman–Crippen LogP) is 1.50. The summed E-state index contributed by atoms with van der Waals surface area (Å²) in [5, 5.41) is 8.96. The van der Waals surface area contributed by atoms with E-state index in [4.69, 9.17) is 9.47 Å². The molecule has 0 spiro atoms. The van der Waals surface area contributed by atoms with Crippen LogP contribution in [0.3, 0.4) is 0 Å². The Kier molecular flexibility index (Phi) is 4.85. The van der Waals surface area contributed by atoms with E-state index in [2.05, 4.69) is 10.2 Å². The number of ketones is 1. The lowest BCUT2D eigenvalue weighted by atomic mass is 10.1. The molecule has 2 aliphatic heterocycles. The lowest BCUT2D eigenvalue weighted by molar-refractivity contribution is 0.102. The number of hydrogen-bond donors (Lipinski definition) is 0. The van der Waals surface area contributed by atoms with Crippen LogP contribution in [0.2, 0.25) is 0 Å². The van der Waals surface area contributed by atoms with Gasteiger partial charge in [-0.1, -0.05) is 11.8 Å². The third-order valence-electron chi connectivity index (χ3n) is 4.75. The van der Waals surface area contributed by atoms with Gasteiger partial charge in [0.2, 0.25) is 6.79 Å². The van der Waals surface area contributed by atoms with E-state index < -0.39 is 9.84 Å². The number of Topliss-reactive ketones (excluding diaryl/α,β-unsaturated/α-hetero) is 1. The van der Waals surface area contributed by atoms with E-state index in [1.807, 2.05) is 11.6 Å². The lowest BCUT2D eigenvalue weighted by Crippen LogP contribution is -2.11. The maximum atomic E-state index is 12.4. The summed E-state index contributed by atoms with van der Waals surface area (Å²) < 4.78 is 35.6. The Morgan fingerprint density at radius 2 is 2.11 bits per heavy atom. The first-order valence-corrected chi connectivity index (χ1v) is 11.4. The van der Waals surface area contributed by atoms with Gasteiger partial charge < -0.3 is 14.0 Å². The van der Waals surface area contributed by atoms with Gasteiger partial charge in [0.25, 0.3) is 0 Å². The van der Waals surface area contributed by atoms with Crippen molar-refractivity contribution in [3.8, 4) is 11.5 Å². The van der Waals surface area contributed by atoms with Crippen LogP contribution in [0.15, 0.2) is 23.4 Å². The average molecular weight is 409 g/mol. The molecule has 27 heavy (non-hydrogen) atoms. The molecule has 4 rings (SSSR count). The maximum Gasteiger partial charge on any atom is 0.231 e. The molecule has 0 N–H and O–H groups in total. The number of hydrogen-bond acceptors (Lipinski definition) is 8. The number of carbonyl (C=O) groups is 1. The van der Waals surface area contributed by atoms with Crippen molar-refractivity contribution >= 4 is 27.4 Å². The number of sulfone groups is 1. The first kappa shape index (κ1) is 18.3. The molecular weight excluding hydrogens is 390 g/mol.